The van der Waals surface area contributed by atoms with Gasteiger partial charge in [-0.1, -0.05) is 12.1 Å². The van der Waals surface area contributed by atoms with Gasteiger partial charge in [0.05, 0.1) is 19.8 Å². The topological polar surface area (TPSA) is 70.8 Å². The molecule has 1 aliphatic carbocycles. The summed E-state index contributed by atoms with van der Waals surface area (Å²) < 4.78 is 35.8. The quantitative estimate of drug-likeness (QED) is 0.454. The van der Waals surface area contributed by atoms with E-state index in [-0.39, 0.29) is 18.0 Å². The zero-order chi connectivity index (χ0) is 22.5. The van der Waals surface area contributed by atoms with E-state index in [1.54, 1.807) is 24.5 Å². The van der Waals surface area contributed by atoms with Crippen LogP contribution in [0.5, 0.6) is 5.75 Å². The maximum absolute atomic E-state index is 13.1. The predicted octanol–water partition coefficient (Wildman–Crippen LogP) is 5.48. The van der Waals surface area contributed by atoms with Crippen molar-refractivity contribution in [3.63, 3.8) is 0 Å². The van der Waals surface area contributed by atoms with Crippen molar-refractivity contribution in [3.8, 4) is 17.2 Å². The lowest BCUT2D eigenvalue weighted by Gasteiger charge is -2.30. The van der Waals surface area contributed by atoms with Crippen LogP contribution in [0.15, 0.2) is 53.1 Å². The van der Waals surface area contributed by atoms with Gasteiger partial charge in [0, 0.05) is 12.0 Å². The number of rotatable bonds is 7. The molecule has 0 aliphatic heterocycles. The Hall–Kier alpha value is -3.19. The van der Waals surface area contributed by atoms with E-state index in [1.807, 2.05) is 19.1 Å². The molecule has 1 saturated carbocycles. The first-order valence-electron chi connectivity index (χ1n) is 10.7. The van der Waals surface area contributed by atoms with Gasteiger partial charge in [-0.15, -0.1) is 0 Å². The molecule has 0 radical (unpaired) electrons. The molecule has 0 bridgehead atoms. The minimum absolute atomic E-state index is 0.0195. The van der Waals surface area contributed by atoms with Gasteiger partial charge in [-0.3, -0.25) is 0 Å². The van der Waals surface area contributed by atoms with Gasteiger partial charge in [0.2, 0.25) is 5.89 Å². The number of methoxy groups -OCH3 is 1. The van der Waals surface area contributed by atoms with E-state index in [0.29, 0.717) is 35.1 Å². The number of hydrogen-bond acceptors (Lipinski definition) is 6. The molecule has 168 valence electrons. The van der Waals surface area contributed by atoms with Crippen molar-refractivity contribution in [2.75, 3.05) is 7.11 Å². The van der Waals surface area contributed by atoms with Gasteiger partial charge in [-0.05, 0) is 62.1 Å². The maximum atomic E-state index is 13.1. The van der Waals surface area contributed by atoms with Gasteiger partial charge in [-0.2, -0.15) is 0 Å². The van der Waals surface area contributed by atoms with E-state index >= 15 is 0 Å². The van der Waals surface area contributed by atoms with Crippen molar-refractivity contribution in [1.82, 2.24) is 4.98 Å². The SMILES string of the molecule is COC(=O)c1c(C)cccc1OC1CCCC(OCc2coc(-c3ccc(F)cc3)n2)C1. The van der Waals surface area contributed by atoms with E-state index in [9.17, 15) is 9.18 Å². The summed E-state index contributed by atoms with van der Waals surface area (Å²) in [5.74, 6) is 0.276. The van der Waals surface area contributed by atoms with Crippen molar-refractivity contribution >= 4 is 5.97 Å². The molecular weight excluding hydrogens is 413 g/mol. The van der Waals surface area contributed by atoms with Crippen LogP contribution in [0.4, 0.5) is 4.39 Å². The molecule has 3 aromatic rings. The minimum Gasteiger partial charge on any atom is -0.489 e. The molecule has 0 N–H and O–H groups in total. The van der Waals surface area contributed by atoms with Crippen LogP contribution < -0.4 is 4.74 Å². The third kappa shape index (κ3) is 5.16. The Labute approximate surface area is 186 Å². The van der Waals surface area contributed by atoms with E-state index in [1.165, 1.54) is 19.2 Å². The molecule has 7 heteroatoms. The van der Waals surface area contributed by atoms with E-state index in [0.717, 1.165) is 31.2 Å². The number of oxazole rings is 1. The van der Waals surface area contributed by atoms with Gasteiger partial charge in [-0.25, -0.2) is 14.2 Å². The van der Waals surface area contributed by atoms with Crippen molar-refractivity contribution in [2.24, 2.45) is 0 Å². The fourth-order valence-corrected chi connectivity index (χ4v) is 3.94. The fourth-order valence-electron chi connectivity index (χ4n) is 3.94. The Kier molecular flexibility index (Phi) is 6.85. The van der Waals surface area contributed by atoms with Crippen molar-refractivity contribution in [2.45, 2.75) is 51.4 Å². The summed E-state index contributed by atoms with van der Waals surface area (Å²) in [7, 11) is 1.37. The zero-order valence-corrected chi connectivity index (χ0v) is 18.2. The smallest absolute Gasteiger partial charge is 0.341 e. The highest BCUT2D eigenvalue weighted by Crippen LogP contribution is 2.30. The Morgan fingerprint density at radius 3 is 2.72 bits per heavy atom. The van der Waals surface area contributed by atoms with E-state index < -0.39 is 5.97 Å². The molecular formula is C25H26FNO5. The van der Waals surface area contributed by atoms with Crippen LogP contribution in [0.3, 0.4) is 0 Å². The van der Waals surface area contributed by atoms with E-state index in [4.69, 9.17) is 18.6 Å². The minimum atomic E-state index is -0.398. The number of aromatic nitrogens is 1. The number of esters is 1. The highest BCUT2D eigenvalue weighted by molar-refractivity contribution is 5.94. The molecule has 1 heterocycles. The highest BCUT2D eigenvalue weighted by Gasteiger charge is 2.26. The van der Waals surface area contributed by atoms with Gasteiger partial charge >= 0.3 is 5.97 Å². The summed E-state index contributed by atoms with van der Waals surface area (Å²) in [5, 5.41) is 0. The summed E-state index contributed by atoms with van der Waals surface area (Å²) in [4.78, 5) is 16.6. The number of aryl methyl sites for hydroxylation is 1. The third-order valence-electron chi connectivity index (χ3n) is 5.61. The molecule has 4 rings (SSSR count). The van der Waals surface area contributed by atoms with Crippen LogP contribution in [-0.2, 0) is 16.1 Å². The van der Waals surface area contributed by atoms with Crippen LogP contribution in [-0.4, -0.2) is 30.3 Å². The second kappa shape index (κ2) is 9.96. The average Bonchev–Trinajstić information content (AvgIpc) is 3.27. The number of benzene rings is 2. The van der Waals surface area contributed by atoms with Crippen molar-refractivity contribution < 1.29 is 27.8 Å². The Morgan fingerprint density at radius 1 is 1.16 bits per heavy atom. The summed E-state index contributed by atoms with van der Waals surface area (Å²) in [6, 6.07) is 11.5. The second-order valence-electron chi connectivity index (χ2n) is 7.93. The van der Waals surface area contributed by atoms with Crippen molar-refractivity contribution in [3.05, 3.63) is 71.4 Å². The van der Waals surface area contributed by atoms with Gasteiger partial charge in [0.1, 0.15) is 35.2 Å². The second-order valence-corrected chi connectivity index (χ2v) is 7.93. The van der Waals surface area contributed by atoms with Gasteiger partial charge in [0.25, 0.3) is 0 Å². The first-order valence-corrected chi connectivity index (χ1v) is 10.7. The molecule has 0 spiro atoms. The molecule has 1 aliphatic rings. The Bertz CT molecular complexity index is 1060. The number of ether oxygens (including phenoxy) is 3. The summed E-state index contributed by atoms with van der Waals surface area (Å²) in [6.07, 6.45) is 5.04. The number of carbonyl (C=O) groups is 1. The molecule has 1 fully saturated rings. The van der Waals surface area contributed by atoms with Crippen LogP contribution in [0.1, 0.15) is 47.3 Å². The van der Waals surface area contributed by atoms with Crippen LogP contribution in [0.2, 0.25) is 0 Å². The molecule has 2 aromatic carbocycles. The fraction of sp³-hybridized carbons (Fsp3) is 0.360. The first-order chi connectivity index (χ1) is 15.5. The summed E-state index contributed by atoms with van der Waals surface area (Å²) in [6.45, 7) is 2.18. The third-order valence-corrected chi connectivity index (χ3v) is 5.61. The number of carbonyl (C=O) groups excluding carboxylic acids is 1. The summed E-state index contributed by atoms with van der Waals surface area (Å²) >= 11 is 0. The monoisotopic (exact) mass is 439 g/mol. The lowest BCUT2D eigenvalue weighted by Crippen LogP contribution is -2.30. The Balaban J connectivity index is 1.35. The normalized spacial score (nSPS) is 18.3. The van der Waals surface area contributed by atoms with Crippen molar-refractivity contribution in [1.29, 1.82) is 0 Å². The van der Waals surface area contributed by atoms with Gasteiger partial charge in [0.15, 0.2) is 0 Å². The van der Waals surface area contributed by atoms with E-state index in [2.05, 4.69) is 4.98 Å². The number of nitrogens with zero attached hydrogens (tertiary/aromatic N) is 1. The molecule has 0 amide bonds. The summed E-state index contributed by atoms with van der Waals surface area (Å²) in [5.41, 5.74) is 2.68. The predicted molar refractivity (Wildman–Crippen MR) is 116 cm³/mol. The van der Waals surface area contributed by atoms with Crippen LogP contribution in [0.25, 0.3) is 11.5 Å². The molecule has 2 atom stereocenters. The number of halogens is 1. The lowest BCUT2D eigenvalue weighted by atomic mass is 9.94. The molecule has 6 nitrogen and oxygen atoms in total. The van der Waals surface area contributed by atoms with Crippen LogP contribution >= 0.6 is 0 Å². The average molecular weight is 439 g/mol. The maximum Gasteiger partial charge on any atom is 0.341 e. The number of hydrogen-bond donors (Lipinski definition) is 0. The Morgan fingerprint density at radius 2 is 1.94 bits per heavy atom. The lowest BCUT2D eigenvalue weighted by molar-refractivity contribution is -0.0176. The zero-order valence-electron chi connectivity index (χ0n) is 18.2. The largest absolute Gasteiger partial charge is 0.489 e. The first kappa shape index (κ1) is 22.0. The van der Waals surface area contributed by atoms with Crippen LogP contribution in [0, 0.1) is 12.7 Å². The highest BCUT2D eigenvalue weighted by atomic mass is 19.1. The molecule has 32 heavy (non-hydrogen) atoms. The standard InChI is InChI=1S/C25H26FNO5/c1-16-5-3-8-22(23(16)25(28)29-2)32-21-7-4-6-20(13-21)30-14-19-15-31-24(27-19)17-9-11-18(26)12-10-17/h3,5,8-12,15,20-21H,4,6-7,13-14H2,1-2H3. The van der Waals surface area contributed by atoms with Gasteiger partial charge < -0.3 is 18.6 Å². The molecule has 2 unspecified atom stereocenters. The molecule has 1 aromatic heterocycles. The molecule has 0 saturated heterocycles.